The third-order valence-corrected chi connectivity index (χ3v) is 3.54. The van der Waals surface area contributed by atoms with Gasteiger partial charge in [-0.05, 0) is 31.2 Å². The van der Waals surface area contributed by atoms with Gasteiger partial charge in [-0.2, -0.15) is 18.3 Å². The molecule has 0 aliphatic carbocycles. The number of hydrogen-bond acceptors (Lipinski definition) is 3. The van der Waals surface area contributed by atoms with E-state index in [0.29, 0.717) is 11.4 Å². The van der Waals surface area contributed by atoms with Crippen molar-refractivity contribution in [3.05, 3.63) is 42.2 Å². The summed E-state index contributed by atoms with van der Waals surface area (Å²) in [6, 6.07) is 3.74. The molecular formula is C15H17F3N4O2. The summed E-state index contributed by atoms with van der Waals surface area (Å²) in [7, 11) is 1.54. The van der Waals surface area contributed by atoms with Gasteiger partial charge in [-0.25, -0.2) is 9.48 Å². The summed E-state index contributed by atoms with van der Waals surface area (Å²) in [5.41, 5.74) is 0.0732. The van der Waals surface area contributed by atoms with E-state index in [4.69, 9.17) is 5.11 Å². The van der Waals surface area contributed by atoms with E-state index in [2.05, 4.69) is 10.4 Å². The molecule has 2 rings (SSSR count). The molecule has 0 saturated carbocycles. The molecule has 0 fully saturated rings. The lowest BCUT2D eigenvalue weighted by atomic mass is 10.2. The van der Waals surface area contributed by atoms with Crippen molar-refractivity contribution in [3.63, 3.8) is 0 Å². The molecule has 130 valence electrons. The van der Waals surface area contributed by atoms with E-state index in [-0.39, 0.29) is 12.6 Å². The molecule has 0 aliphatic rings. The van der Waals surface area contributed by atoms with Crippen molar-refractivity contribution in [2.45, 2.75) is 19.1 Å². The summed E-state index contributed by atoms with van der Waals surface area (Å²) >= 11 is 0. The first-order valence-electron chi connectivity index (χ1n) is 7.09. The maximum Gasteiger partial charge on any atom is 0.416 e. The minimum atomic E-state index is -4.39. The van der Waals surface area contributed by atoms with Gasteiger partial charge in [-0.15, -0.1) is 0 Å². The number of nitrogens with zero attached hydrogens (tertiary/aromatic N) is 3. The number of aromatic nitrogens is 2. The number of aliphatic hydroxyl groups excluding tert-OH is 1. The van der Waals surface area contributed by atoms with Crippen LogP contribution in [0.1, 0.15) is 12.5 Å². The molecule has 0 unspecified atom stereocenters. The van der Waals surface area contributed by atoms with Gasteiger partial charge in [0.05, 0.1) is 42.0 Å². The quantitative estimate of drug-likeness (QED) is 0.898. The van der Waals surface area contributed by atoms with Crippen molar-refractivity contribution in [2.24, 2.45) is 0 Å². The van der Waals surface area contributed by atoms with E-state index in [1.807, 2.05) is 0 Å². The second-order valence-corrected chi connectivity index (χ2v) is 5.29. The number of amides is 2. The molecule has 2 amide bonds. The average molecular weight is 342 g/mol. The van der Waals surface area contributed by atoms with Crippen molar-refractivity contribution in [1.29, 1.82) is 0 Å². The predicted octanol–water partition coefficient (Wildman–Crippen LogP) is 2.74. The summed E-state index contributed by atoms with van der Waals surface area (Å²) in [5.74, 6) is 0. The van der Waals surface area contributed by atoms with Crippen molar-refractivity contribution in [3.8, 4) is 5.69 Å². The number of alkyl halides is 3. The lowest BCUT2D eigenvalue weighted by Gasteiger charge is -2.22. The molecule has 9 heteroatoms. The maximum absolute atomic E-state index is 12.5. The highest BCUT2D eigenvalue weighted by Crippen LogP contribution is 2.29. The minimum Gasteiger partial charge on any atom is -0.394 e. The number of aliphatic hydroxyl groups is 1. The van der Waals surface area contributed by atoms with E-state index in [1.165, 1.54) is 41.2 Å². The molecule has 2 aromatic rings. The van der Waals surface area contributed by atoms with Crippen LogP contribution in [-0.4, -0.2) is 45.5 Å². The highest BCUT2D eigenvalue weighted by Gasteiger charge is 2.30. The molecule has 0 saturated heterocycles. The number of rotatable bonds is 4. The van der Waals surface area contributed by atoms with Crippen LogP contribution in [0.25, 0.3) is 5.69 Å². The molecule has 2 N–H and O–H groups in total. The van der Waals surface area contributed by atoms with Gasteiger partial charge in [0.15, 0.2) is 0 Å². The van der Waals surface area contributed by atoms with E-state index in [9.17, 15) is 18.0 Å². The molecule has 1 aromatic heterocycles. The lowest BCUT2D eigenvalue weighted by molar-refractivity contribution is -0.137. The smallest absolute Gasteiger partial charge is 0.394 e. The third kappa shape index (κ3) is 4.05. The van der Waals surface area contributed by atoms with Crippen LogP contribution < -0.4 is 5.32 Å². The Morgan fingerprint density at radius 2 is 2.00 bits per heavy atom. The van der Waals surface area contributed by atoms with Crippen LogP contribution in [-0.2, 0) is 6.18 Å². The number of benzene rings is 1. The molecule has 0 aliphatic heterocycles. The molecule has 1 heterocycles. The Balaban J connectivity index is 2.09. The van der Waals surface area contributed by atoms with Gasteiger partial charge >= 0.3 is 12.2 Å². The first-order valence-corrected chi connectivity index (χ1v) is 7.09. The Labute approximate surface area is 136 Å². The number of carbonyl (C=O) groups excluding carboxylic acids is 1. The molecule has 1 atom stereocenters. The number of likely N-dealkylation sites (N-methyl/N-ethyl adjacent to an activating group) is 1. The Kier molecular flexibility index (Phi) is 5.13. The second-order valence-electron chi connectivity index (χ2n) is 5.29. The minimum absolute atomic E-state index is 0.172. The van der Waals surface area contributed by atoms with Gasteiger partial charge < -0.3 is 15.3 Å². The Hall–Kier alpha value is -2.55. The number of nitrogens with one attached hydrogen (secondary N) is 1. The Morgan fingerprint density at radius 1 is 1.38 bits per heavy atom. The van der Waals surface area contributed by atoms with Crippen molar-refractivity contribution in [1.82, 2.24) is 14.7 Å². The van der Waals surface area contributed by atoms with E-state index >= 15 is 0 Å². The van der Waals surface area contributed by atoms with Crippen molar-refractivity contribution < 1.29 is 23.1 Å². The fraction of sp³-hybridized carbons (Fsp3) is 0.333. The van der Waals surface area contributed by atoms with Crippen LogP contribution >= 0.6 is 0 Å². The van der Waals surface area contributed by atoms with Crippen LogP contribution in [0.4, 0.5) is 23.7 Å². The summed E-state index contributed by atoms with van der Waals surface area (Å²) in [5, 5.41) is 15.6. The molecule has 6 nitrogen and oxygen atoms in total. The Morgan fingerprint density at radius 3 is 2.54 bits per heavy atom. The maximum atomic E-state index is 12.5. The molecule has 24 heavy (non-hydrogen) atoms. The van der Waals surface area contributed by atoms with Gasteiger partial charge in [-0.1, -0.05) is 0 Å². The zero-order valence-electron chi connectivity index (χ0n) is 13.1. The first-order chi connectivity index (χ1) is 11.2. The van der Waals surface area contributed by atoms with Crippen molar-refractivity contribution >= 4 is 11.7 Å². The number of halogens is 3. The van der Waals surface area contributed by atoms with Gasteiger partial charge in [0.25, 0.3) is 0 Å². The van der Waals surface area contributed by atoms with Crippen LogP contribution in [0.3, 0.4) is 0 Å². The summed E-state index contributed by atoms with van der Waals surface area (Å²) in [6.07, 6.45) is -1.53. The standard InChI is InChI=1S/C15H17F3N4O2/c1-10(9-23)21(2)14(24)20-12-7-19-22(8-12)13-5-3-11(4-6-13)15(16,17)18/h3-8,10,23H,9H2,1-2H3,(H,20,24)/t10-/m0/s1. The molecular weight excluding hydrogens is 325 g/mol. The first kappa shape index (κ1) is 17.8. The van der Waals surface area contributed by atoms with Gasteiger partial charge in [0.1, 0.15) is 0 Å². The predicted molar refractivity (Wildman–Crippen MR) is 81.9 cm³/mol. The molecule has 1 aromatic carbocycles. The molecule has 0 spiro atoms. The number of carbonyl (C=O) groups is 1. The number of urea groups is 1. The third-order valence-electron chi connectivity index (χ3n) is 3.54. The number of hydrogen-bond donors (Lipinski definition) is 2. The van der Waals surface area contributed by atoms with Crippen LogP contribution in [0, 0.1) is 0 Å². The normalized spacial score (nSPS) is 12.8. The molecule has 0 radical (unpaired) electrons. The van der Waals surface area contributed by atoms with Gasteiger partial charge in [0.2, 0.25) is 0 Å². The summed E-state index contributed by atoms with van der Waals surface area (Å²) < 4.78 is 39.0. The molecule has 0 bridgehead atoms. The van der Waals surface area contributed by atoms with Gasteiger partial charge in [0, 0.05) is 7.05 Å². The zero-order chi connectivity index (χ0) is 17.9. The van der Waals surface area contributed by atoms with Crippen LogP contribution in [0.5, 0.6) is 0 Å². The largest absolute Gasteiger partial charge is 0.416 e. The SMILES string of the molecule is C[C@@H](CO)N(C)C(=O)Nc1cnn(-c2ccc(C(F)(F)F)cc2)c1. The topological polar surface area (TPSA) is 70.4 Å². The summed E-state index contributed by atoms with van der Waals surface area (Å²) in [4.78, 5) is 13.3. The van der Waals surface area contributed by atoms with E-state index in [0.717, 1.165) is 12.1 Å². The fourth-order valence-corrected chi connectivity index (χ4v) is 1.87. The second kappa shape index (κ2) is 6.91. The van der Waals surface area contributed by atoms with Crippen LogP contribution in [0.15, 0.2) is 36.7 Å². The highest BCUT2D eigenvalue weighted by molar-refractivity contribution is 5.89. The monoisotopic (exact) mass is 342 g/mol. The Bertz CT molecular complexity index is 697. The lowest BCUT2D eigenvalue weighted by Crippen LogP contribution is -2.40. The zero-order valence-corrected chi connectivity index (χ0v) is 13.1. The fourth-order valence-electron chi connectivity index (χ4n) is 1.87. The van der Waals surface area contributed by atoms with Gasteiger partial charge in [-0.3, -0.25) is 0 Å². The van der Waals surface area contributed by atoms with Crippen LogP contribution in [0.2, 0.25) is 0 Å². The van der Waals surface area contributed by atoms with Crippen molar-refractivity contribution in [2.75, 3.05) is 19.0 Å². The highest BCUT2D eigenvalue weighted by atomic mass is 19.4. The number of anilines is 1. The van der Waals surface area contributed by atoms with E-state index in [1.54, 1.807) is 6.92 Å². The summed E-state index contributed by atoms with van der Waals surface area (Å²) in [6.45, 7) is 1.51. The average Bonchev–Trinajstić information content (AvgIpc) is 3.01. The van der Waals surface area contributed by atoms with E-state index < -0.39 is 17.8 Å².